The minimum absolute atomic E-state index is 0.0221. The molecule has 0 saturated carbocycles. The second-order valence-corrected chi connectivity index (χ2v) is 7.00. The Labute approximate surface area is 178 Å². The molecule has 0 spiro atoms. The summed E-state index contributed by atoms with van der Waals surface area (Å²) >= 11 is 0. The number of benzene rings is 2. The molecule has 0 saturated heterocycles. The van der Waals surface area contributed by atoms with Gasteiger partial charge in [-0.1, -0.05) is 36.4 Å². The van der Waals surface area contributed by atoms with E-state index in [9.17, 15) is 14.4 Å². The average molecular weight is 422 g/mol. The van der Waals surface area contributed by atoms with Gasteiger partial charge in [0.1, 0.15) is 11.8 Å². The van der Waals surface area contributed by atoms with Crippen molar-refractivity contribution in [2.24, 2.45) is 0 Å². The minimum Gasteiger partial charge on any atom is -0.466 e. The average Bonchev–Trinajstić information content (AvgIpc) is 3.22. The lowest BCUT2D eigenvalue weighted by Gasteiger charge is -2.21. The molecule has 2 heterocycles. The van der Waals surface area contributed by atoms with Gasteiger partial charge < -0.3 is 9.47 Å². The number of nitrogens with zero attached hydrogens (tertiary/aromatic N) is 2. The van der Waals surface area contributed by atoms with Gasteiger partial charge in [0.15, 0.2) is 0 Å². The normalized spacial score (nSPS) is 15.2. The number of rotatable bonds is 7. The fourth-order valence-corrected chi connectivity index (χ4v) is 3.97. The molecule has 3 aromatic rings. The van der Waals surface area contributed by atoms with Crippen molar-refractivity contribution in [3.63, 3.8) is 0 Å². The first-order valence-corrected chi connectivity index (χ1v) is 9.96. The molecule has 1 aliphatic heterocycles. The number of hydrogen-bond acceptors (Lipinski definition) is 6. The number of aromatic nitrogens is 1. The van der Waals surface area contributed by atoms with Crippen LogP contribution >= 0.6 is 0 Å². The molecule has 0 bridgehead atoms. The monoisotopic (exact) mass is 422 g/mol. The van der Waals surface area contributed by atoms with E-state index >= 15 is 0 Å². The van der Waals surface area contributed by atoms with E-state index in [1.54, 1.807) is 37.3 Å². The molecule has 1 aliphatic rings. The Morgan fingerprint density at radius 2 is 1.71 bits per heavy atom. The van der Waals surface area contributed by atoms with Gasteiger partial charge in [0.05, 0.1) is 37.8 Å². The first-order chi connectivity index (χ1) is 15.0. The topological polar surface area (TPSA) is 87.1 Å². The highest BCUT2D eigenvalue weighted by Crippen LogP contribution is 2.41. The fourth-order valence-electron chi connectivity index (χ4n) is 3.97. The summed E-state index contributed by atoms with van der Waals surface area (Å²) in [5, 5.41) is 1.90. The van der Waals surface area contributed by atoms with E-state index in [4.69, 9.17) is 14.3 Å². The van der Waals surface area contributed by atoms with Crippen molar-refractivity contribution in [1.82, 2.24) is 9.63 Å². The molecular formula is C23H22N2O6. The van der Waals surface area contributed by atoms with Crippen LogP contribution in [0.15, 0.2) is 54.6 Å². The van der Waals surface area contributed by atoms with E-state index in [2.05, 4.69) is 0 Å². The van der Waals surface area contributed by atoms with Crippen molar-refractivity contribution in [1.29, 1.82) is 0 Å². The van der Waals surface area contributed by atoms with Crippen molar-refractivity contribution in [3.8, 4) is 5.75 Å². The Kier molecular flexibility index (Phi) is 5.73. The molecule has 0 N–H and O–H groups in total. The first kappa shape index (κ1) is 20.6. The van der Waals surface area contributed by atoms with E-state index in [1.165, 1.54) is 11.7 Å². The number of hydrogen-bond donors (Lipinski definition) is 0. The van der Waals surface area contributed by atoms with Gasteiger partial charge in [-0.25, -0.2) is 4.79 Å². The van der Waals surface area contributed by atoms with Gasteiger partial charge in [0, 0.05) is 5.39 Å². The van der Waals surface area contributed by atoms with Crippen molar-refractivity contribution < 1.29 is 28.7 Å². The minimum atomic E-state index is -0.745. The van der Waals surface area contributed by atoms with Crippen LogP contribution in [0.1, 0.15) is 30.6 Å². The Hall–Kier alpha value is -3.65. The van der Waals surface area contributed by atoms with Gasteiger partial charge in [0.25, 0.3) is 0 Å². The van der Waals surface area contributed by atoms with Gasteiger partial charge in [0.2, 0.25) is 0 Å². The summed E-state index contributed by atoms with van der Waals surface area (Å²) in [6, 6.07) is 14.8. The molecule has 0 aliphatic carbocycles. The summed E-state index contributed by atoms with van der Waals surface area (Å²) in [5.74, 6) is -0.518. The van der Waals surface area contributed by atoms with Crippen LogP contribution in [0.2, 0.25) is 0 Å². The predicted octanol–water partition coefficient (Wildman–Crippen LogP) is 3.63. The summed E-state index contributed by atoms with van der Waals surface area (Å²) in [4.78, 5) is 43.4. The van der Waals surface area contributed by atoms with Crippen LogP contribution in [-0.4, -0.2) is 41.3 Å². The highest BCUT2D eigenvalue weighted by Gasteiger charge is 2.43. The third-order valence-electron chi connectivity index (χ3n) is 5.16. The Morgan fingerprint density at radius 1 is 1.00 bits per heavy atom. The predicted molar refractivity (Wildman–Crippen MR) is 111 cm³/mol. The number of esters is 2. The Bertz CT molecular complexity index is 1140. The molecule has 160 valence electrons. The number of ether oxygens (including phenoxy) is 2. The highest BCUT2D eigenvalue weighted by molar-refractivity contribution is 5.99. The quantitative estimate of drug-likeness (QED) is 0.427. The van der Waals surface area contributed by atoms with Gasteiger partial charge in [-0.05, 0) is 30.7 Å². The lowest BCUT2D eigenvalue weighted by molar-refractivity contribution is -0.143. The molecule has 8 heteroatoms. The second kappa shape index (κ2) is 8.61. The van der Waals surface area contributed by atoms with Crippen LogP contribution in [0.5, 0.6) is 5.75 Å². The van der Waals surface area contributed by atoms with Crippen LogP contribution in [-0.2, 0) is 25.6 Å². The third-order valence-corrected chi connectivity index (χ3v) is 5.16. The Morgan fingerprint density at radius 3 is 2.42 bits per heavy atom. The van der Waals surface area contributed by atoms with Crippen molar-refractivity contribution in [2.75, 3.05) is 13.7 Å². The summed E-state index contributed by atoms with van der Waals surface area (Å²) < 4.78 is 12.0. The van der Waals surface area contributed by atoms with Crippen LogP contribution in [0.3, 0.4) is 0 Å². The SMILES string of the molecule is CCOC(=O)Cc1c2n(c3ccccc13)C(=O)N(OC)C2CC(=O)Oc1ccccc1. The maximum absolute atomic E-state index is 13.1. The molecule has 1 amide bonds. The van der Waals surface area contributed by atoms with Crippen LogP contribution < -0.4 is 4.74 Å². The molecule has 8 nitrogen and oxygen atoms in total. The number of para-hydroxylation sites is 2. The molecule has 1 unspecified atom stereocenters. The molecule has 1 atom stereocenters. The summed E-state index contributed by atoms with van der Waals surface area (Å²) in [7, 11) is 1.37. The highest BCUT2D eigenvalue weighted by atomic mass is 16.7. The zero-order valence-corrected chi connectivity index (χ0v) is 17.2. The zero-order valence-electron chi connectivity index (χ0n) is 17.2. The van der Waals surface area contributed by atoms with Crippen LogP contribution in [0.25, 0.3) is 10.9 Å². The van der Waals surface area contributed by atoms with E-state index < -0.39 is 24.0 Å². The molecule has 0 fully saturated rings. The van der Waals surface area contributed by atoms with E-state index in [-0.39, 0.29) is 19.4 Å². The summed E-state index contributed by atoms with van der Waals surface area (Å²) in [6.45, 7) is 1.99. The summed E-state index contributed by atoms with van der Waals surface area (Å²) in [6.07, 6.45) is -0.160. The maximum atomic E-state index is 13.1. The van der Waals surface area contributed by atoms with Crippen LogP contribution in [0.4, 0.5) is 4.79 Å². The molecular weight excluding hydrogens is 400 g/mol. The van der Waals surface area contributed by atoms with E-state index in [0.29, 0.717) is 22.5 Å². The summed E-state index contributed by atoms with van der Waals surface area (Å²) in [5.41, 5.74) is 1.81. The third kappa shape index (κ3) is 3.77. The zero-order chi connectivity index (χ0) is 22.0. The standard InChI is InChI=1S/C23H22N2O6/c1-3-30-20(26)13-17-16-11-7-8-12-18(16)24-22(17)19(25(29-2)23(24)28)14-21(27)31-15-9-5-4-6-10-15/h4-12,19H,3,13-14H2,1-2H3. The number of amides is 1. The van der Waals surface area contributed by atoms with Gasteiger partial charge in [-0.15, -0.1) is 0 Å². The second-order valence-electron chi connectivity index (χ2n) is 7.00. The lowest BCUT2D eigenvalue weighted by Crippen LogP contribution is -2.30. The molecule has 2 aromatic carbocycles. The largest absolute Gasteiger partial charge is 0.466 e. The Balaban J connectivity index is 1.75. The van der Waals surface area contributed by atoms with Crippen molar-refractivity contribution >= 4 is 28.9 Å². The molecule has 4 rings (SSSR count). The smallest absolute Gasteiger partial charge is 0.353 e. The fraction of sp³-hybridized carbons (Fsp3) is 0.261. The van der Waals surface area contributed by atoms with Gasteiger partial charge in [-0.2, -0.15) is 5.06 Å². The van der Waals surface area contributed by atoms with E-state index in [0.717, 1.165) is 10.4 Å². The van der Waals surface area contributed by atoms with E-state index in [1.807, 2.05) is 24.3 Å². The maximum Gasteiger partial charge on any atom is 0.353 e. The van der Waals surface area contributed by atoms with Crippen LogP contribution in [0, 0.1) is 0 Å². The number of carbonyl (C=O) groups is 3. The number of carbonyl (C=O) groups excluding carboxylic acids is 3. The molecule has 31 heavy (non-hydrogen) atoms. The number of fused-ring (bicyclic) bond motifs is 3. The van der Waals surface area contributed by atoms with Gasteiger partial charge >= 0.3 is 18.0 Å². The molecule has 1 aromatic heterocycles. The van der Waals surface area contributed by atoms with Crippen molar-refractivity contribution in [3.05, 3.63) is 65.9 Å². The molecule has 0 radical (unpaired) electrons. The van der Waals surface area contributed by atoms with Gasteiger partial charge in [-0.3, -0.25) is 19.0 Å². The van der Waals surface area contributed by atoms with Crippen molar-refractivity contribution in [2.45, 2.75) is 25.8 Å². The number of hydroxylamine groups is 2. The lowest BCUT2D eigenvalue weighted by atomic mass is 10.0. The first-order valence-electron chi connectivity index (χ1n) is 9.96.